The Balaban J connectivity index is 2.21. The summed E-state index contributed by atoms with van der Waals surface area (Å²) >= 11 is 0. The van der Waals surface area contributed by atoms with Crippen molar-refractivity contribution >= 4 is 0 Å². The molecule has 0 aromatic heterocycles. The summed E-state index contributed by atoms with van der Waals surface area (Å²) in [5, 5.41) is 2.32. The zero-order valence-corrected chi connectivity index (χ0v) is 7.35. The topological polar surface area (TPSA) is 15.3 Å². The normalized spacial score (nSPS) is 41.1. The molecule has 2 heterocycles. The van der Waals surface area contributed by atoms with Crippen molar-refractivity contribution in [3.05, 3.63) is 12.2 Å². The number of hydrazine groups is 1. The molecule has 2 rings (SSSR count). The molecule has 2 nitrogen and oxygen atoms in total. The van der Waals surface area contributed by atoms with Crippen molar-refractivity contribution in [2.75, 3.05) is 6.54 Å². The highest BCUT2D eigenvalue weighted by Crippen LogP contribution is 2.33. The highest BCUT2D eigenvalue weighted by atomic mass is 15.6. The number of nitrogens with zero attached hydrogens (tertiary/aromatic N) is 1. The van der Waals surface area contributed by atoms with Gasteiger partial charge < -0.3 is 0 Å². The van der Waals surface area contributed by atoms with E-state index >= 15 is 0 Å². The van der Waals surface area contributed by atoms with E-state index in [0.717, 1.165) is 6.54 Å². The van der Waals surface area contributed by atoms with Crippen LogP contribution in [0.3, 0.4) is 0 Å². The van der Waals surface area contributed by atoms with Crippen molar-refractivity contribution in [2.45, 2.75) is 38.3 Å². The average molecular weight is 152 g/mol. The minimum atomic E-state index is 0.337. The van der Waals surface area contributed by atoms with E-state index in [4.69, 9.17) is 0 Å². The van der Waals surface area contributed by atoms with Crippen molar-refractivity contribution in [2.24, 2.45) is 0 Å². The van der Waals surface area contributed by atoms with E-state index in [0.29, 0.717) is 11.6 Å². The Morgan fingerprint density at radius 2 is 2.36 bits per heavy atom. The third-order valence-electron chi connectivity index (χ3n) is 2.73. The van der Waals surface area contributed by atoms with Crippen LogP contribution in [0.4, 0.5) is 0 Å². The predicted molar refractivity (Wildman–Crippen MR) is 46.1 cm³/mol. The Bertz CT molecular complexity index is 196. The fourth-order valence-electron chi connectivity index (χ4n) is 2.17. The second-order valence-corrected chi connectivity index (χ2v) is 4.38. The van der Waals surface area contributed by atoms with Crippen molar-refractivity contribution in [1.82, 2.24) is 10.4 Å². The first-order valence-electron chi connectivity index (χ1n) is 4.28. The summed E-state index contributed by atoms with van der Waals surface area (Å²) in [7, 11) is 0. The van der Waals surface area contributed by atoms with Gasteiger partial charge in [0.1, 0.15) is 0 Å². The Morgan fingerprint density at radius 1 is 1.64 bits per heavy atom. The second kappa shape index (κ2) is 2.08. The van der Waals surface area contributed by atoms with Crippen LogP contribution in [0.15, 0.2) is 12.2 Å². The number of fused-ring (bicyclic) bond motifs is 2. The lowest BCUT2D eigenvalue weighted by Gasteiger charge is -2.32. The largest absolute Gasteiger partial charge is 0.251 e. The maximum Gasteiger partial charge on any atom is 0.0345 e. The number of hydrogen-bond acceptors (Lipinski definition) is 2. The second-order valence-electron chi connectivity index (χ2n) is 4.38. The fraction of sp³-hybridized carbons (Fsp3) is 0.778. The molecular formula is C9H16N2. The fourth-order valence-corrected chi connectivity index (χ4v) is 2.17. The van der Waals surface area contributed by atoms with Gasteiger partial charge in [-0.1, -0.05) is 12.2 Å². The van der Waals surface area contributed by atoms with Crippen LogP contribution in [0.25, 0.3) is 0 Å². The standard InChI is InChI=1S/C9H16N2/c1-7-4-8-5-9(2,3)11(6-7)10-8/h8,10H,1,4-6H2,2-3H3. The van der Waals surface area contributed by atoms with Crippen molar-refractivity contribution < 1.29 is 0 Å². The number of rotatable bonds is 0. The Labute approximate surface area is 68.2 Å². The SMILES string of the molecule is C=C1CC2CC(C)(C)N(C1)N2. The van der Waals surface area contributed by atoms with Crippen LogP contribution in [-0.2, 0) is 0 Å². The van der Waals surface area contributed by atoms with Gasteiger partial charge in [0.2, 0.25) is 0 Å². The van der Waals surface area contributed by atoms with Gasteiger partial charge in [0.25, 0.3) is 0 Å². The molecular weight excluding hydrogens is 136 g/mol. The maximum atomic E-state index is 4.04. The van der Waals surface area contributed by atoms with Crippen LogP contribution >= 0.6 is 0 Å². The first kappa shape index (κ1) is 7.32. The molecule has 0 spiro atoms. The number of nitrogens with one attached hydrogen (secondary N) is 1. The minimum absolute atomic E-state index is 0.337. The van der Waals surface area contributed by atoms with E-state index in [1.807, 2.05) is 0 Å². The molecule has 2 bridgehead atoms. The summed E-state index contributed by atoms with van der Waals surface area (Å²) < 4.78 is 0. The van der Waals surface area contributed by atoms with Gasteiger partial charge in [-0.3, -0.25) is 5.43 Å². The van der Waals surface area contributed by atoms with E-state index in [9.17, 15) is 0 Å². The molecule has 1 N–H and O–H groups in total. The lowest BCUT2D eigenvalue weighted by Crippen LogP contribution is -2.48. The van der Waals surface area contributed by atoms with Gasteiger partial charge in [0, 0.05) is 18.1 Å². The molecule has 2 fully saturated rings. The molecule has 2 aliphatic rings. The molecule has 0 aliphatic carbocycles. The zero-order valence-electron chi connectivity index (χ0n) is 7.35. The monoisotopic (exact) mass is 152 g/mol. The quantitative estimate of drug-likeness (QED) is 0.526. The molecule has 62 valence electrons. The van der Waals surface area contributed by atoms with Crippen LogP contribution in [0, 0.1) is 0 Å². The summed E-state index contributed by atoms with van der Waals surface area (Å²) in [5.74, 6) is 0. The first-order chi connectivity index (χ1) is 5.08. The van der Waals surface area contributed by atoms with E-state index in [2.05, 4.69) is 30.9 Å². The summed E-state index contributed by atoms with van der Waals surface area (Å²) in [6, 6.07) is 0.659. The van der Waals surface area contributed by atoms with E-state index in [-0.39, 0.29) is 0 Å². The first-order valence-corrected chi connectivity index (χ1v) is 4.28. The molecule has 2 unspecified atom stereocenters. The summed E-state index contributed by atoms with van der Waals surface area (Å²) in [6.45, 7) is 9.65. The molecule has 0 saturated carbocycles. The molecule has 2 heteroatoms. The van der Waals surface area contributed by atoms with Crippen LogP contribution in [0.2, 0.25) is 0 Å². The van der Waals surface area contributed by atoms with Gasteiger partial charge in [-0.05, 0) is 26.7 Å². The highest BCUT2D eigenvalue weighted by Gasteiger charge is 2.41. The van der Waals surface area contributed by atoms with Crippen molar-refractivity contribution in [1.29, 1.82) is 0 Å². The number of hydrogen-bond donors (Lipinski definition) is 1. The maximum absolute atomic E-state index is 4.04. The summed E-state index contributed by atoms with van der Waals surface area (Å²) in [4.78, 5) is 0. The smallest absolute Gasteiger partial charge is 0.0345 e. The van der Waals surface area contributed by atoms with Crippen LogP contribution in [-0.4, -0.2) is 23.1 Å². The van der Waals surface area contributed by atoms with E-state index in [1.54, 1.807) is 0 Å². The Kier molecular flexibility index (Phi) is 1.38. The lowest BCUT2D eigenvalue weighted by atomic mass is 9.97. The van der Waals surface area contributed by atoms with Crippen LogP contribution in [0.5, 0.6) is 0 Å². The Hall–Kier alpha value is -0.340. The zero-order chi connectivity index (χ0) is 8.06. The van der Waals surface area contributed by atoms with Gasteiger partial charge in [-0.15, -0.1) is 0 Å². The molecule has 2 aliphatic heterocycles. The summed E-state index contributed by atoms with van der Waals surface area (Å²) in [5.41, 5.74) is 5.20. The molecule has 0 aromatic rings. The Morgan fingerprint density at radius 3 is 3.00 bits per heavy atom. The predicted octanol–water partition coefficient (Wildman–Crippen LogP) is 1.30. The highest BCUT2D eigenvalue weighted by molar-refractivity contribution is 5.11. The van der Waals surface area contributed by atoms with Gasteiger partial charge in [-0.25, -0.2) is 5.01 Å². The molecule has 2 saturated heterocycles. The summed E-state index contributed by atoms with van der Waals surface area (Å²) in [6.07, 6.45) is 2.42. The van der Waals surface area contributed by atoms with Crippen LogP contribution < -0.4 is 5.43 Å². The van der Waals surface area contributed by atoms with Gasteiger partial charge in [-0.2, -0.15) is 0 Å². The molecule has 2 atom stereocenters. The molecule has 0 aromatic carbocycles. The third kappa shape index (κ3) is 1.10. The van der Waals surface area contributed by atoms with E-state index in [1.165, 1.54) is 18.4 Å². The minimum Gasteiger partial charge on any atom is -0.251 e. The molecule has 11 heavy (non-hydrogen) atoms. The average Bonchev–Trinajstić information content (AvgIpc) is 2.02. The van der Waals surface area contributed by atoms with Gasteiger partial charge in [0.05, 0.1) is 0 Å². The van der Waals surface area contributed by atoms with Gasteiger partial charge >= 0.3 is 0 Å². The third-order valence-corrected chi connectivity index (χ3v) is 2.73. The van der Waals surface area contributed by atoms with Crippen molar-refractivity contribution in [3.63, 3.8) is 0 Å². The lowest BCUT2D eigenvalue weighted by molar-refractivity contribution is 0.121. The molecule has 0 radical (unpaired) electrons. The van der Waals surface area contributed by atoms with E-state index < -0.39 is 0 Å². The molecule has 0 amide bonds. The van der Waals surface area contributed by atoms with Crippen LogP contribution in [0.1, 0.15) is 26.7 Å². The van der Waals surface area contributed by atoms with Gasteiger partial charge in [0.15, 0.2) is 0 Å². The van der Waals surface area contributed by atoms with Crippen molar-refractivity contribution in [3.8, 4) is 0 Å².